The van der Waals surface area contributed by atoms with Crippen molar-refractivity contribution in [1.82, 2.24) is 29.9 Å². The highest BCUT2D eigenvalue weighted by Crippen LogP contribution is 2.32. The van der Waals surface area contributed by atoms with Crippen LogP contribution in [0.25, 0.3) is 21.3 Å². The van der Waals surface area contributed by atoms with Crippen LogP contribution in [0.2, 0.25) is 10.2 Å². The van der Waals surface area contributed by atoms with Crippen molar-refractivity contribution in [2.75, 3.05) is 10.6 Å². The number of nitrogens with one attached hydrogen (secondary N) is 2. The van der Waals surface area contributed by atoms with Crippen molar-refractivity contribution in [2.24, 2.45) is 0 Å². The molecule has 3 N–H and O–H groups in total. The Morgan fingerprint density at radius 1 is 0.775 bits per heavy atom. The fourth-order valence-electron chi connectivity index (χ4n) is 3.29. The number of benzene rings is 1. The Labute approximate surface area is 247 Å². The molecule has 0 aliphatic rings. The van der Waals surface area contributed by atoms with E-state index in [4.69, 9.17) is 23.2 Å². The molecule has 5 aromatic heterocycles. The molecule has 200 valence electrons. The van der Waals surface area contributed by atoms with Gasteiger partial charge in [-0.05, 0) is 61.5 Å². The van der Waals surface area contributed by atoms with Gasteiger partial charge in [-0.2, -0.15) is 0 Å². The van der Waals surface area contributed by atoms with E-state index in [2.05, 4.69) is 40.5 Å². The number of aromatic nitrogens is 6. The fourth-order valence-corrected chi connectivity index (χ4v) is 4.94. The Bertz CT molecular complexity index is 1680. The molecule has 1 aromatic carbocycles. The van der Waals surface area contributed by atoms with E-state index in [0.717, 1.165) is 37.5 Å². The average Bonchev–Trinajstić information content (AvgIpc) is 3.62. The second kappa shape index (κ2) is 12.8. The van der Waals surface area contributed by atoms with Crippen LogP contribution in [0.3, 0.4) is 0 Å². The minimum atomic E-state index is 0.0824. The molecule has 6 rings (SSSR count). The van der Waals surface area contributed by atoms with Gasteiger partial charge in [0.2, 0.25) is 11.8 Å². The number of aromatic hydroxyl groups is 1. The monoisotopic (exact) mass is 606 g/mol. The van der Waals surface area contributed by atoms with E-state index in [-0.39, 0.29) is 5.88 Å². The highest BCUT2D eigenvalue weighted by atomic mass is 35.5. The summed E-state index contributed by atoms with van der Waals surface area (Å²) < 4.78 is 0. The first kappa shape index (κ1) is 27.4. The van der Waals surface area contributed by atoms with Gasteiger partial charge >= 0.3 is 0 Å². The summed E-state index contributed by atoms with van der Waals surface area (Å²) in [6.07, 6.45) is 6.77. The highest BCUT2D eigenvalue weighted by molar-refractivity contribution is 7.15. The SMILES string of the molecule is Cc1sc(-c2ccnc(Nc3ccc(Cl)cc3)c2)nc1O.Clc1ccc(Nc2nccc(-c3nccs3)n2)cn1. The van der Waals surface area contributed by atoms with Gasteiger partial charge in [0, 0.05) is 40.2 Å². The summed E-state index contributed by atoms with van der Waals surface area (Å²) in [7, 11) is 0. The van der Waals surface area contributed by atoms with Crippen LogP contribution in [0.4, 0.5) is 23.1 Å². The minimum absolute atomic E-state index is 0.0824. The number of halogens is 2. The van der Waals surface area contributed by atoms with Crippen molar-refractivity contribution in [3.63, 3.8) is 0 Å². The quantitative estimate of drug-likeness (QED) is 0.162. The van der Waals surface area contributed by atoms with Gasteiger partial charge in [0.15, 0.2) is 0 Å². The second-order valence-electron chi connectivity index (χ2n) is 8.06. The summed E-state index contributed by atoms with van der Waals surface area (Å²) >= 11 is 14.6. The van der Waals surface area contributed by atoms with Gasteiger partial charge < -0.3 is 15.7 Å². The van der Waals surface area contributed by atoms with E-state index in [9.17, 15) is 5.11 Å². The molecular formula is C27H20Cl2N8OS2. The average molecular weight is 608 g/mol. The van der Waals surface area contributed by atoms with Crippen LogP contribution in [0.1, 0.15) is 4.88 Å². The molecule has 0 saturated carbocycles. The first-order valence-corrected chi connectivity index (χ1v) is 14.1. The van der Waals surface area contributed by atoms with Crippen LogP contribution < -0.4 is 10.6 Å². The van der Waals surface area contributed by atoms with E-state index in [0.29, 0.717) is 21.9 Å². The van der Waals surface area contributed by atoms with E-state index in [1.54, 1.807) is 30.9 Å². The molecule has 0 amide bonds. The third kappa shape index (κ3) is 7.27. The van der Waals surface area contributed by atoms with E-state index in [1.807, 2.05) is 60.8 Å². The van der Waals surface area contributed by atoms with Crippen LogP contribution in [0.5, 0.6) is 5.88 Å². The standard InChI is InChI=1S/C15H12ClN3OS.C12H8ClN5S/c1-9-14(20)19-15(21-9)10-6-7-17-13(8-10)18-12-4-2-11(16)3-5-12;13-10-2-1-8(7-16-10)17-12-15-4-3-9(18-12)11-14-5-6-19-11/h2-8,20H,1H3,(H,17,18);1-7H,(H,15,17,18). The minimum Gasteiger partial charge on any atom is -0.492 e. The van der Waals surface area contributed by atoms with Crippen molar-refractivity contribution < 1.29 is 5.11 Å². The zero-order valence-electron chi connectivity index (χ0n) is 20.8. The number of rotatable bonds is 6. The molecule has 9 nitrogen and oxygen atoms in total. The number of nitrogens with zero attached hydrogens (tertiary/aromatic N) is 6. The van der Waals surface area contributed by atoms with Crippen molar-refractivity contribution in [1.29, 1.82) is 0 Å². The number of hydrogen-bond acceptors (Lipinski definition) is 11. The van der Waals surface area contributed by atoms with Crippen molar-refractivity contribution in [2.45, 2.75) is 6.92 Å². The number of thiazole rings is 2. The first-order chi connectivity index (χ1) is 19.4. The Hall–Kier alpha value is -4.16. The van der Waals surface area contributed by atoms with Gasteiger partial charge in [0.1, 0.15) is 26.7 Å². The summed E-state index contributed by atoms with van der Waals surface area (Å²) in [5.74, 6) is 1.29. The molecule has 0 saturated heterocycles. The predicted molar refractivity (Wildman–Crippen MR) is 162 cm³/mol. The van der Waals surface area contributed by atoms with Crippen LogP contribution >= 0.6 is 45.9 Å². The van der Waals surface area contributed by atoms with Crippen LogP contribution in [0, 0.1) is 6.92 Å². The molecule has 0 bridgehead atoms. The zero-order chi connectivity index (χ0) is 27.9. The van der Waals surface area contributed by atoms with Gasteiger partial charge in [-0.25, -0.2) is 29.9 Å². The molecule has 0 spiro atoms. The Morgan fingerprint density at radius 3 is 2.27 bits per heavy atom. The van der Waals surface area contributed by atoms with Gasteiger partial charge in [-0.1, -0.05) is 23.2 Å². The number of aryl methyl sites for hydroxylation is 1. The van der Waals surface area contributed by atoms with Crippen molar-refractivity contribution in [3.05, 3.63) is 99.8 Å². The Morgan fingerprint density at radius 2 is 1.57 bits per heavy atom. The van der Waals surface area contributed by atoms with E-state index in [1.165, 1.54) is 22.7 Å². The maximum Gasteiger partial charge on any atom is 0.227 e. The lowest BCUT2D eigenvalue weighted by atomic mass is 10.2. The van der Waals surface area contributed by atoms with Gasteiger partial charge in [0.25, 0.3) is 0 Å². The molecule has 0 atom stereocenters. The zero-order valence-corrected chi connectivity index (χ0v) is 23.9. The molecule has 6 aromatic rings. The number of hydrogen-bond donors (Lipinski definition) is 3. The topological polar surface area (TPSA) is 122 Å². The Kier molecular flexibility index (Phi) is 8.77. The van der Waals surface area contributed by atoms with Crippen LogP contribution in [-0.4, -0.2) is 35.0 Å². The molecule has 13 heteroatoms. The molecule has 40 heavy (non-hydrogen) atoms. The third-order valence-electron chi connectivity index (χ3n) is 5.19. The van der Waals surface area contributed by atoms with Gasteiger partial charge in [-0.15, -0.1) is 22.7 Å². The molecular weight excluding hydrogens is 587 g/mol. The highest BCUT2D eigenvalue weighted by Gasteiger charge is 2.09. The fraction of sp³-hybridized carbons (Fsp3) is 0.0370. The lowest BCUT2D eigenvalue weighted by Gasteiger charge is -2.06. The normalized spacial score (nSPS) is 10.5. The maximum absolute atomic E-state index is 9.59. The van der Waals surface area contributed by atoms with Crippen molar-refractivity contribution >= 4 is 69.0 Å². The third-order valence-corrected chi connectivity index (χ3v) is 7.47. The van der Waals surface area contributed by atoms with Gasteiger partial charge in [-0.3, -0.25) is 0 Å². The van der Waals surface area contributed by atoms with E-state index >= 15 is 0 Å². The molecule has 0 aliphatic heterocycles. The summed E-state index contributed by atoms with van der Waals surface area (Å²) in [5, 5.41) is 20.5. The second-order valence-corrected chi connectivity index (χ2v) is 11.0. The predicted octanol–water partition coefficient (Wildman–Crippen LogP) is 8.01. The molecule has 0 fully saturated rings. The summed E-state index contributed by atoms with van der Waals surface area (Å²) in [4.78, 5) is 26.0. The smallest absolute Gasteiger partial charge is 0.227 e. The van der Waals surface area contributed by atoms with E-state index < -0.39 is 0 Å². The number of anilines is 4. The molecule has 0 unspecified atom stereocenters. The molecule has 0 radical (unpaired) electrons. The summed E-state index contributed by atoms with van der Waals surface area (Å²) in [6.45, 7) is 1.84. The summed E-state index contributed by atoms with van der Waals surface area (Å²) in [5.41, 5.74) is 3.38. The Balaban J connectivity index is 0.000000162. The lowest BCUT2D eigenvalue weighted by molar-refractivity contribution is 0.454. The maximum atomic E-state index is 9.59. The summed E-state index contributed by atoms with van der Waals surface area (Å²) in [6, 6.07) is 16.5. The molecule has 0 aliphatic carbocycles. The van der Waals surface area contributed by atoms with Crippen LogP contribution in [-0.2, 0) is 0 Å². The first-order valence-electron chi connectivity index (χ1n) is 11.7. The number of pyridine rings is 2. The van der Waals surface area contributed by atoms with Gasteiger partial charge in [0.05, 0.1) is 16.8 Å². The lowest BCUT2D eigenvalue weighted by Crippen LogP contribution is -1.98. The van der Waals surface area contributed by atoms with Crippen LogP contribution in [0.15, 0.2) is 84.8 Å². The van der Waals surface area contributed by atoms with Crippen molar-refractivity contribution in [3.8, 4) is 27.2 Å². The molecule has 5 heterocycles. The largest absolute Gasteiger partial charge is 0.492 e.